The molecule has 0 aliphatic rings. The van der Waals surface area contributed by atoms with E-state index in [2.05, 4.69) is 28.5 Å². The van der Waals surface area contributed by atoms with Gasteiger partial charge in [0.1, 0.15) is 11.4 Å². The van der Waals surface area contributed by atoms with Crippen molar-refractivity contribution in [1.82, 2.24) is 4.98 Å². The first-order chi connectivity index (χ1) is 17.7. The van der Waals surface area contributed by atoms with E-state index in [9.17, 15) is 9.90 Å². The zero-order chi connectivity index (χ0) is 24.5. The number of oxazole rings is 1. The molecule has 2 aromatic heterocycles. The van der Waals surface area contributed by atoms with E-state index >= 15 is 0 Å². The number of nitrogens with one attached hydrogen (secondary N) is 1. The Kier molecular flexibility index (Phi) is 5.56. The van der Waals surface area contributed by atoms with E-state index in [1.165, 1.54) is 11.3 Å². The normalized spacial score (nSPS) is 11.0. The Labute approximate surface area is 211 Å². The molecule has 0 spiro atoms. The second-order valence-corrected chi connectivity index (χ2v) is 9.20. The fourth-order valence-corrected chi connectivity index (χ4v) is 4.93. The average Bonchev–Trinajstić information content (AvgIpc) is 3.59. The Morgan fingerprint density at radius 2 is 1.64 bits per heavy atom. The number of benzene rings is 4. The molecule has 0 bridgehead atoms. The number of hydrogen-bond acceptors (Lipinski definition) is 5. The van der Waals surface area contributed by atoms with Crippen LogP contribution in [0.5, 0.6) is 5.75 Å². The molecular weight excluding hydrogens is 468 g/mol. The minimum atomic E-state index is -0.299. The molecule has 0 fully saturated rings. The van der Waals surface area contributed by atoms with Gasteiger partial charge >= 0.3 is 0 Å². The Morgan fingerprint density at radius 1 is 0.833 bits per heavy atom. The van der Waals surface area contributed by atoms with E-state index < -0.39 is 0 Å². The molecule has 0 aliphatic carbocycles. The lowest BCUT2D eigenvalue weighted by Crippen LogP contribution is -2.11. The maximum absolute atomic E-state index is 12.8. The van der Waals surface area contributed by atoms with Crippen molar-refractivity contribution in [2.75, 3.05) is 5.32 Å². The van der Waals surface area contributed by atoms with Gasteiger partial charge in [-0.05, 0) is 57.6 Å². The number of amides is 1. The number of anilines is 1. The zero-order valence-corrected chi connectivity index (χ0v) is 19.8. The molecule has 0 radical (unpaired) electrons. The number of hydrogen-bond donors (Lipinski definition) is 2. The summed E-state index contributed by atoms with van der Waals surface area (Å²) in [5.41, 5.74) is 3.38. The van der Waals surface area contributed by atoms with Crippen LogP contribution in [0, 0.1) is 0 Å². The molecule has 36 heavy (non-hydrogen) atoms. The number of thiophene rings is 1. The molecule has 1 amide bonds. The van der Waals surface area contributed by atoms with E-state index in [0.717, 1.165) is 26.8 Å². The second-order valence-electron chi connectivity index (χ2n) is 8.25. The van der Waals surface area contributed by atoms with Crippen molar-refractivity contribution >= 4 is 33.9 Å². The van der Waals surface area contributed by atoms with Crippen LogP contribution in [0.1, 0.15) is 10.4 Å². The van der Waals surface area contributed by atoms with Crippen molar-refractivity contribution in [2.24, 2.45) is 0 Å². The number of fused-ring (bicyclic) bond motifs is 1. The van der Waals surface area contributed by atoms with Gasteiger partial charge in [0.05, 0.1) is 10.4 Å². The largest absolute Gasteiger partial charge is 0.507 e. The summed E-state index contributed by atoms with van der Waals surface area (Å²) in [7, 11) is 0. The van der Waals surface area contributed by atoms with Crippen LogP contribution in [0.2, 0.25) is 0 Å². The first kappa shape index (κ1) is 21.8. The Hall–Kier alpha value is -4.68. The van der Waals surface area contributed by atoms with Crippen LogP contribution in [0.4, 0.5) is 5.88 Å². The lowest BCUT2D eigenvalue weighted by molar-refractivity contribution is 0.102. The SMILES string of the molecule is O=C(Nc1oc(-c2ccc(-c3cccc4ccccc34)cc2O)nc1-c1cccs1)c1ccccc1. The Bertz CT molecular complexity index is 1680. The molecule has 174 valence electrons. The third-order valence-electron chi connectivity index (χ3n) is 5.97. The van der Waals surface area contributed by atoms with E-state index in [4.69, 9.17) is 4.42 Å². The molecule has 0 atom stereocenters. The number of aromatic nitrogens is 1. The number of phenols is 1. The van der Waals surface area contributed by atoms with Gasteiger partial charge in [0.2, 0.25) is 11.8 Å². The Morgan fingerprint density at radius 3 is 2.44 bits per heavy atom. The van der Waals surface area contributed by atoms with Crippen LogP contribution < -0.4 is 5.32 Å². The molecule has 0 aliphatic heterocycles. The molecule has 6 rings (SSSR count). The fourth-order valence-electron chi connectivity index (χ4n) is 4.22. The maximum Gasteiger partial charge on any atom is 0.258 e. The summed E-state index contributed by atoms with van der Waals surface area (Å²) in [5, 5.41) is 18.0. The Balaban J connectivity index is 1.39. The van der Waals surface area contributed by atoms with Gasteiger partial charge in [-0.3, -0.25) is 10.1 Å². The fraction of sp³-hybridized carbons (Fsp3) is 0. The number of phenolic OH excluding ortho intramolecular Hbond substituents is 1. The van der Waals surface area contributed by atoms with E-state index in [1.807, 2.05) is 53.9 Å². The first-order valence-electron chi connectivity index (χ1n) is 11.4. The van der Waals surface area contributed by atoms with Crippen LogP contribution in [-0.2, 0) is 0 Å². The summed E-state index contributed by atoms with van der Waals surface area (Å²) < 4.78 is 6.02. The van der Waals surface area contributed by atoms with Gasteiger partial charge in [0.25, 0.3) is 5.91 Å². The molecule has 0 saturated carbocycles. The molecule has 0 saturated heterocycles. The lowest BCUT2D eigenvalue weighted by atomic mass is 9.97. The predicted octanol–water partition coefficient (Wildman–Crippen LogP) is 7.85. The quantitative estimate of drug-likeness (QED) is 0.259. The molecule has 6 aromatic rings. The lowest BCUT2D eigenvalue weighted by Gasteiger charge is -2.09. The van der Waals surface area contributed by atoms with Crippen LogP contribution in [0.15, 0.2) is 113 Å². The van der Waals surface area contributed by atoms with Crippen molar-refractivity contribution in [3.8, 4) is 38.9 Å². The number of carbonyl (C=O) groups is 1. The second kappa shape index (κ2) is 9.17. The van der Waals surface area contributed by atoms with Crippen molar-refractivity contribution in [3.63, 3.8) is 0 Å². The highest BCUT2D eigenvalue weighted by Gasteiger charge is 2.21. The smallest absolute Gasteiger partial charge is 0.258 e. The number of nitrogens with zero attached hydrogens (tertiary/aromatic N) is 1. The zero-order valence-electron chi connectivity index (χ0n) is 19.0. The van der Waals surface area contributed by atoms with Crippen molar-refractivity contribution in [2.45, 2.75) is 0 Å². The summed E-state index contributed by atoms with van der Waals surface area (Å²) in [6.07, 6.45) is 0. The van der Waals surface area contributed by atoms with Crippen LogP contribution in [0.3, 0.4) is 0 Å². The molecular formula is C30H20N2O3S. The van der Waals surface area contributed by atoms with Gasteiger partial charge in [-0.1, -0.05) is 72.8 Å². The number of aromatic hydroxyl groups is 1. The number of rotatable bonds is 5. The van der Waals surface area contributed by atoms with Gasteiger partial charge in [0.15, 0.2) is 0 Å². The van der Waals surface area contributed by atoms with Gasteiger partial charge in [-0.15, -0.1) is 11.3 Å². The van der Waals surface area contributed by atoms with Crippen LogP contribution >= 0.6 is 11.3 Å². The molecule has 4 aromatic carbocycles. The third kappa shape index (κ3) is 4.04. The minimum absolute atomic E-state index is 0.0420. The highest BCUT2D eigenvalue weighted by atomic mass is 32.1. The average molecular weight is 489 g/mol. The number of carbonyl (C=O) groups excluding carboxylic acids is 1. The monoisotopic (exact) mass is 488 g/mol. The molecule has 2 N–H and O–H groups in total. The van der Waals surface area contributed by atoms with Crippen LogP contribution in [0.25, 0.3) is 43.9 Å². The first-order valence-corrected chi connectivity index (χ1v) is 12.3. The van der Waals surface area contributed by atoms with Gasteiger partial charge in [0, 0.05) is 5.56 Å². The van der Waals surface area contributed by atoms with Crippen molar-refractivity contribution in [1.29, 1.82) is 0 Å². The van der Waals surface area contributed by atoms with Gasteiger partial charge < -0.3 is 9.52 Å². The molecule has 2 heterocycles. The van der Waals surface area contributed by atoms with E-state index in [0.29, 0.717) is 16.8 Å². The standard InChI is InChI=1S/C30H20N2O3S/c33-25-18-21(23-13-6-11-19-8-4-5-12-22(19)23)15-16-24(25)29-31-27(26-14-7-17-36-26)30(35-29)32-28(34)20-9-2-1-3-10-20/h1-18,33H,(H,32,34). The maximum atomic E-state index is 12.8. The van der Waals surface area contributed by atoms with Gasteiger partial charge in [-0.25, -0.2) is 4.98 Å². The summed E-state index contributed by atoms with van der Waals surface area (Å²) in [5.74, 6) is 0.203. The topological polar surface area (TPSA) is 75.4 Å². The van der Waals surface area contributed by atoms with Crippen molar-refractivity contribution in [3.05, 3.63) is 114 Å². The third-order valence-corrected chi connectivity index (χ3v) is 6.85. The highest BCUT2D eigenvalue weighted by molar-refractivity contribution is 7.13. The molecule has 6 heteroatoms. The highest BCUT2D eigenvalue weighted by Crippen LogP contribution is 2.40. The summed E-state index contributed by atoms with van der Waals surface area (Å²) >= 11 is 1.49. The van der Waals surface area contributed by atoms with Crippen molar-refractivity contribution < 1.29 is 14.3 Å². The summed E-state index contributed by atoms with van der Waals surface area (Å²) in [6.45, 7) is 0. The summed E-state index contributed by atoms with van der Waals surface area (Å²) in [4.78, 5) is 18.3. The van der Waals surface area contributed by atoms with E-state index in [-0.39, 0.29) is 23.4 Å². The minimum Gasteiger partial charge on any atom is -0.507 e. The summed E-state index contributed by atoms with van der Waals surface area (Å²) in [6, 6.07) is 32.4. The van der Waals surface area contributed by atoms with Gasteiger partial charge in [-0.2, -0.15) is 0 Å². The molecule has 5 nitrogen and oxygen atoms in total. The van der Waals surface area contributed by atoms with E-state index in [1.54, 1.807) is 36.4 Å². The predicted molar refractivity (Wildman–Crippen MR) is 144 cm³/mol. The van der Waals surface area contributed by atoms with Crippen LogP contribution in [-0.4, -0.2) is 16.0 Å². The molecule has 0 unspecified atom stereocenters.